The fraction of sp³-hybridized carbons (Fsp3) is 0.0833. The van der Waals surface area contributed by atoms with Crippen LogP contribution in [-0.4, -0.2) is 23.2 Å². The first-order valence-electron chi connectivity index (χ1n) is 9.93. The average Bonchev–Trinajstić information content (AvgIpc) is 3.17. The number of nitrogens with one attached hydrogen (secondary N) is 1. The third-order valence-electron chi connectivity index (χ3n) is 4.87. The SMILES string of the molecule is CCOc1ccc(C(=O)c2oc3ccccc3c2NC(=O)c2ccc(Cl)c([N+](=O)[O-])c2)cc1. The number of anilines is 1. The minimum atomic E-state index is -0.673. The number of nitro groups is 1. The molecule has 1 N–H and O–H groups in total. The first-order chi connectivity index (χ1) is 15.9. The summed E-state index contributed by atoms with van der Waals surface area (Å²) in [5.74, 6) is -0.526. The Morgan fingerprint density at radius 3 is 2.45 bits per heavy atom. The molecule has 0 atom stereocenters. The number of benzene rings is 3. The van der Waals surface area contributed by atoms with Gasteiger partial charge >= 0.3 is 0 Å². The quantitative estimate of drug-likeness (QED) is 0.208. The second kappa shape index (κ2) is 9.13. The lowest BCUT2D eigenvalue weighted by Crippen LogP contribution is -2.14. The highest BCUT2D eigenvalue weighted by Gasteiger charge is 2.25. The summed E-state index contributed by atoms with van der Waals surface area (Å²) in [6.45, 7) is 2.35. The Hall–Kier alpha value is -4.17. The van der Waals surface area contributed by atoms with Gasteiger partial charge in [0, 0.05) is 22.6 Å². The Morgan fingerprint density at radius 1 is 1.06 bits per heavy atom. The van der Waals surface area contributed by atoms with Crippen LogP contribution in [0.4, 0.5) is 11.4 Å². The van der Waals surface area contributed by atoms with Gasteiger partial charge < -0.3 is 14.5 Å². The van der Waals surface area contributed by atoms with Crippen molar-refractivity contribution in [2.24, 2.45) is 0 Å². The van der Waals surface area contributed by atoms with Crippen molar-refractivity contribution >= 4 is 45.6 Å². The monoisotopic (exact) mass is 464 g/mol. The number of halogens is 1. The highest BCUT2D eigenvalue weighted by molar-refractivity contribution is 6.32. The summed E-state index contributed by atoms with van der Waals surface area (Å²) in [6, 6.07) is 17.1. The zero-order chi connectivity index (χ0) is 23.5. The van der Waals surface area contributed by atoms with E-state index < -0.39 is 22.3 Å². The number of furan rings is 1. The summed E-state index contributed by atoms with van der Waals surface area (Å²) in [5.41, 5.74) is 0.536. The van der Waals surface area contributed by atoms with Gasteiger partial charge in [-0.05, 0) is 55.5 Å². The van der Waals surface area contributed by atoms with E-state index in [1.54, 1.807) is 48.5 Å². The fourth-order valence-corrected chi connectivity index (χ4v) is 3.50. The maximum absolute atomic E-state index is 13.2. The molecule has 9 heteroatoms. The number of ether oxygens (including phenoxy) is 1. The van der Waals surface area contributed by atoms with Crippen LogP contribution in [0.3, 0.4) is 0 Å². The summed E-state index contributed by atoms with van der Waals surface area (Å²) >= 11 is 5.84. The number of hydrogen-bond donors (Lipinski definition) is 1. The first kappa shape index (κ1) is 22.0. The van der Waals surface area contributed by atoms with Crippen molar-refractivity contribution in [2.45, 2.75) is 6.92 Å². The predicted molar refractivity (Wildman–Crippen MR) is 123 cm³/mol. The molecule has 8 nitrogen and oxygen atoms in total. The normalized spacial score (nSPS) is 10.7. The molecular formula is C24H17ClN2O6. The van der Waals surface area contributed by atoms with E-state index in [1.807, 2.05) is 6.92 Å². The van der Waals surface area contributed by atoms with Crippen LogP contribution in [0.1, 0.15) is 33.4 Å². The Bertz CT molecular complexity index is 1380. The van der Waals surface area contributed by atoms with Gasteiger partial charge in [0.05, 0.1) is 17.2 Å². The summed E-state index contributed by atoms with van der Waals surface area (Å²) in [4.78, 5) is 36.6. The molecule has 0 unspecified atom stereocenters. The van der Waals surface area contributed by atoms with Crippen LogP contribution in [-0.2, 0) is 0 Å². The van der Waals surface area contributed by atoms with Gasteiger partial charge in [-0.25, -0.2) is 0 Å². The molecule has 0 aliphatic carbocycles. The molecule has 1 aromatic heterocycles. The second-order valence-electron chi connectivity index (χ2n) is 6.97. The maximum Gasteiger partial charge on any atom is 0.288 e. The summed E-state index contributed by atoms with van der Waals surface area (Å²) in [5, 5.41) is 14.3. The zero-order valence-corrected chi connectivity index (χ0v) is 18.1. The maximum atomic E-state index is 13.2. The van der Waals surface area contributed by atoms with Crippen molar-refractivity contribution in [3.8, 4) is 5.75 Å². The van der Waals surface area contributed by atoms with E-state index in [1.165, 1.54) is 12.1 Å². The molecule has 0 aliphatic heterocycles. The van der Waals surface area contributed by atoms with Crippen molar-refractivity contribution in [2.75, 3.05) is 11.9 Å². The van der Waals surface area contributed by atoms with Crippen molar-refractivity contribution in [3.05, 3.63) is 98.8 Å². The number of fused-ring (bicyclic) bond motifs is 1. The molecule has 33 heavy (non-hydrogen) atoms. The number of amides is 1. The number of carbonyl (C=O) groups excluding carboxylic acids is 2. The number of ketones is 1. The molecule has 0 saturated carbocycles. The topological polar surface area (TPSA) is 112 Å². The van der Waals surface area contributed by atoms with E-state index in [-0.39, 0.29) is 22.0 Å². The predicted octanol–water partition coefficient (Wildman–Crippen LogP) is 5.88. The summed E-state index contributed by atoms with van der Waals surface area (Å²) in [6.07, 6.45) is 0. The molecule has 3 aromatic carbocycles. The van der Waals surface area contributed by atoms with E-state index in [9.17, 15) is 19.7 Å². The third kappa shape index (κ3) is 4.42. The number of carbonyl (C=O) groups is 2. The van der Waals surface area contributed by atoms with Crippen LogP contribution in [0.2, 0.25) is 5.02 Å². The molecule has 166 valence electrons. The van der Waals surface area contributed by atoms with Gasteiger partial charge in [0.2, 0.25) is 5.78 Å². The summed E-state index contributed by atoms with van der Waals surface area (Å²) < 4.78 is 11.2. The molecule has 4 aromatic rings. The van der Waals surface area contributed by atoms with Crippen LogP contribution in [0.25, 0.3) is 11.0 Å². The van der Waals surface area contributed by atoms with E-state index in [0.29, 0.717) is 28.9 Å². The Kier molecular flexibility index (Phi) is 6.10. The number of nitro benzene ring substituents is 1. The minimum absolute atomic E-state index is 0.0100. The smallest absolute Gasteiger partial charge is 0.288 e. The van der Waals surface area contributed by atoms with Gasteiger partial charge in [-0.2, -0.15) is 0 Å². The van der Waals surface area contributed by atoms with Crippen LogP contribution in [0, 0.1) is 10.1 Å². The summed E-state index contributed by atoms with van der Waals surface area (Å²) in [7, 11) is 0. The molecule has 0 radical (unpaired) electrons. The first-order valence-corrected chi connectivity index (χ1v) is 10.3. The van der Waals surface area contributed by atoms with E-state index in [2.05, 4.69) is 5.32 Å². The third-order valence-corrected chi connectivity index (χ3v) is 5.19. The Morgan fingerprint density at radius 2 is 1.76 bits per heavy atom. The van der Waals surface area contributed by atoms with Crippen molar-refractivity contribution < 1.29 is 23.7 Å². The standard InChI is InChI=1S/C24H17ClN2O6/c1-2-32-16-10-7-14(8-11-16)22(28)23-21(17-5-3-4-6-20(17)33-23)26-24(29)15-9-12-18(25)19(13-15)27(30)31/h3-13H,2H2,1H3,(H,26,29). The number of para-hydroxylation sites is 1. The van der Waals surface area contributed by atoms with Gasteiger partial charge in [-0.15, -0.1) is 0 Å². The minimum Gasteiger partial charge on any atom is -0.494 e. The zero-order valence-electron chi connectivity index (χ0n) is 17.3. The van der Waals surface area contributed by atoms with Gasteiger partial charge in [-0.1, -0.05) is 23.7 Å². The largest absolute Gasteiger partial charge is 0.494 e. The number of nitrogens with zero attached hydrogens (tertiary/aromatic N) is 1. The number of hydrogen-bond acceptors (Lipinski definition) is 6. The van der Waals surface area contributed by atoms with Crippen LogP contribution >= 0.6 is 11.6 Å². The highest BCUT2D eigenvalue weighted by Crippen LogP contribution is 2.33. The second-order valence-corrected chi connectivity index (χ2v) is 7.37. The Labute approximate surface area is 192 Å². The molecule has 0 bridgehead atoms. The Balaban J connectivity index is 1.72. The fourth-order valence-electron chi connectivity index (χ4n) is 3.31. The van der Waals surface area contributed by atoms with Crippen molar-refractivity contribution in [1.82, 2.24) is 0 Å². The van der Waals surface area contributed by atoms with E-state index in [0.717, 1.165) is 6.07 Å². The molecule has 0 saturated heterocycles. The lowest BCUT2D eigenvalue weighted by molar-refractivity contribution is -0.384. The van der Waals surface area contributed by atoms with E-state index in [4.69, 9.17) is 20.8 Å². The molecule has 1 amide bonds. The molecule has 1 heterocycles. The molecular weight excluding hydrogens is 448 g/mol. The van der Waals surface area contributed by atoms with Gasteiger partial charge in [0.25, 0.3) is 11.6 Å². The van der Waals surface area contributed by atoms with Gasteiger partial charge in [0.15, 0.2) is 5.76 Å². The van der Waals surface area contributed by atoms with Crippen molar-refractivity contribution in [1.29, 1.82) is 0 Å². The molecule has 4 rings (SSSR count). The van der Waals surface area contributed by atoms with Crippen LogP contribution in [0.15, 0.2) is 71.1 Å². The van der Waals surface area contributed by atoms with Crippen molar-refractivity contribution in [3.63, 3.8) is 0 Å². The molecule has 0 aliphatic rings. The van der Waals surface area contributed by atoms with Crippen LogP contribution < -0.4 is 10.1 Å². The van der Waals surface area contributed by atoms with E-state index >= 15 is 0 Å². The number of rotatable bonds is 7. The molecule has 0 fully saturated rings. The van der Waals surface area contributed by atoms with Crippen LogP contribution in [0.5, 0.6) is 5.75 Å². The van der Waals surface area contributed by atoms with Gasteiger partial charge in [0.1, 0.15) is 16.4 Å². The average molecular weight is 465 g/mol. The molecule has 0 spiro atoms. The van der Waals surface area contributed by atoms with Gasteiger partial charge in [-0.3, -0.25) is 19.7 Å². The lowest BCUT2D eigenvalue weighted by atomic mass is 10.1. The highest BCUT2D eigenvalue weighted by atomic mass is 35.5. The lowest BCUT2D eigenvalue weighted by Gasteiger charge is -2.07.